The maximum Gasteiger partial charge on any atom is -0.0106 e. The number of nitrogens with two attached hydrogens (primary N) is 1. The predicted molar refractivity (Wildman–Crippen MR) is 32.9 cm³/mol. The highest BCUT2D eigenvalue weighted by Gasteiger charge is 1.95. The van der Waals surface area contributed by atoms with E-state index >= 15 is 0 Å². The van der Waals surface area contributed by atoms with Crippen LogP contribution in [0.4, 0.5) is 0 Å². The van der Waals surface area contributed by atoms with Crippen LogP contribution in [0.1, 0.15) is 26.2 Å². The molecular formula is C6H14N. The lowest BCUT2D eigenvalue weighted by molar-refractivity contribution is 0.652. The Balaban J connectivity index is 0.000000110. The smallest absolute Gasteiger partial charge is 0.0106 e. The minimum atomic E-state index is 0.750. The summed E-state index contributed by atoms with van der Waals surface area (Å²) in [5, 5.41) is 0. The molecule has 43 valence electrons. The van der Waals surface area contributed by atoms with Gasteiger partial charge < -0.3 is 5.73 Å². The summed E-state index contributed by atoms with van der Waals surface area (Å²) in [5.41, 5.74) is 4.85. The van der Waals surface area contributed by atoms with Crippen LogP contribution in [0.15, 0.2) is 0 Å². The average molecular weight is 100 g/mol. The van der Waals surface area contributed by atoms with Gasteiger partial charge >= 0.3 is 0 Å². The van der Waals surface area contributed by atoms with Gasteiger partial charge in [0.25, 0.3) is 0 Å². The van der Waals surface area contributed by atoms with Gasteiger partial charge in [0.15, 0.2) is 0 Å². The zero-order valence-electron chi connectivity index (χ0n) is 4.98. The number of hydrogen-bond donors (Lipinski definition) is 1. The van der Waals surface area contributed by atoms with Crippen LogP contribution in [0.2, 0.25) is 0 Å². The summed E-state index contributed by atoms with van der Waals surface area (Å²) in [6.45, 7) is 2.65. The first kappa shape index (κ1) is 6.96. The number of rotatable bonds is 0. The molecule has 0 aliphatic heterocycles. The van der Waals surface area contributed by atoms with E-state index in [1.54, 1.807) is 0 Å². The molecule has 0 saturated heterocycles. The molecule has 7 heavy (non-hydrogen) atoms. The van der Waals surface area contributed by atoms with E-state index in [-0.39, 0.29) is 0 Å². The lowest BCUT2D eigenvalue weighted by atomic mass is 10.0. The van der Waals surface area contributed by atoms with Crippen LogP contribution in [0, 0.1) is 6.42 Å². The van der Waals surface area contributed by atoms with Crippen LogP contribution >= 0.6 is 0 Å². The minimum Gasteiger partial charge on any atom is -0.331 e. The van der Waals surface area contributed by atoms with Gasteiger partial charge in [-0.3, -0.25) is 0 Å². The molecule has 1 aliphatic rings. The van der Waals surface area contributed by atoms with Crippen molar-refractivity contribution in [2.75, 3.05) is 6.54 Å². The zero-order chi connectivity index (χ0) is 5.54. The molecule has 0 aromatic heterocycles. The van der Waals surface area contributed by atoms with E-state index in [2.05, 4.69) is 6.42 Å². The first-order valence-electron chi connectivity index (χ1n) is 2.93. The third kappa shape index (κ3) is 5.96. The van der Waals surface area contributed by atoms with E-state index in [0.29, 0.717) is 0 Å². The third-order valence-corrected chi connectivity index (χ3v) is 0.816. The van der Waals surface area contributed by atoms with Gasteiger partial charge in [0.05, 0.1) is 0 Å². The molecule has 1 aliphatic carbocycles. The van der Waals surface area contributed by atoms with Crippen LogP contribution in [-0.4, -0.2) is 6.54 Å². The fraction of sp³-hybridized carbons (Fsp3) is 0.833. The Labute approximate surface area is 45.9 Å². The van der Waals surface area contributed by atoms with E-state index in [0.717, 1.165) is 6.54 Å². The summed E-state index contributed by atoms with van der Waals surface area (Å²) < 4.78 is 0. The second-order valence-electron chi connectivity index (χ2n) is 1.63. The molecule has 1 nitrogen and oxygen atoms in total. The molecule has 0 aromatic carbocycles. The van der Waals surface area contributed by atoms with E-state index in [1.807, 2.05) is 6.92 Å². The lowest BCUT2D eigenvalue weighted by Crippen LogP contribution is -1.87. The highest BCUT2D eigenvalue weighted by molar-refractivity contribution is 4.74. The minimum absolute atomic E-state index is 0.750. The Morgan fingerprint density at radius 3 is 1.71 bits per heavy atom. The van der Waals surface area contributed by atoms with Crippen molar-refractivity contribution >= 4 is 0 Å². The molecule has 0 atom stereocenters. The maximum atomic E-state index is 4.85. The van der Waals surface area contributed by atoms with Crippen LogP contribution in [0.5, 0.6) is 0 Å². The van der Waals surface area contributed by atoms with Crippen molar-refractivity contribution in [3.05, 3.63) is 6.42 Å². The molecule has 0 bridgehead atoms. The second kappa shape index (κ2) is 5.96. The highest BCUT2D eigenvalue weighted by atomic mass is 14.5. The highest BCUT2D eigenvalue weighted by Crippen LogP contribution is 2.13. The quantitative estimate of drug-likeness (QED) is 0.488. The van der Waals surface area contributed by atoms with Gasteiger partial charge in [0.2, 0.25) is 0 Å². The van der Waals surface area contributed by atoms with Crippen molar-refractivity contribution in [3.63, 3.8) is 0 Å². The Morgan fingerprint density at radius 2 is 1.71 bits per heavy atom. The van der Waals surface area contributed by atoms with Crippen LogP contribution in [0.3, 0.4) is 0 Å². The first-order valence-corrected chi connectivity index (χ1v) is 2.93. The topological polar surface area (TPSA) is 26.0 Å². The van der Waals surface area contributed by atoms with E-state index in [1.165, 1.54) is 19.3 Å². The van der Waals surface area contributed by atoms with Crippen LogP contribution in [-0.2, 0) is 0 Å². The van der Waals surface area contributed by atoms with E-state index in [4.69, 9.17) is 5.73 Å². The number of hydrogen-bond acceptors (Lipinski definition) is 1. The Morgan fingerprint density at radius 1 is 1.57 bits per heavy atom. The van der Waals surface area contributed by atoms with Gasteiger partial charge in [-0.1, -0.05) is 26.2 Å². The summed E-state index contributed by atoms with van der Waals surface area (Å²) in [4.78, 5) is 0. The van der Waals surface area contributed by atoms with Crippen LogP contribution < -0.4 is 5.73 Å². The molecule has 0 heterocycles. The van der Waals surface area contributed by atoms with Crippen molar-refractivity contribution in [2.24, 2.45) is 5.73 Å². The molecule has 0 unspecified atom stereocenters. The summed E-state index contributed by atoms with van der Waals surface area (Å²) in [6, 6.07) is 0. The lowest BCUT2D eigenvalue weighted by Gasteiger charge is -2.05. The van der Waals surface area contributed by atoms with Crippen molar-refractivity contribution in [1.29, 1.82) is 0 Å². The summed E-state index contributed by atoms with van der Waals surface area (Å²) >= 11 is 0. The monoisotopic (exact) mass is 100 g/mol. The predicted octanol–water partition coefficient (Wildman–Crippen LogP) is 1.34. The Kier molecular flexibility index (Phi) is 5.93. The van der Waals surface area contributed by atoms with Gasteiger partial charge in [-0.2, -0.15) is 0 Å². The van der Waals surface area contributed by atoms with Gasteiger partial charge in [-0.25, -0.2) is 0 Å². The molecular weight excluding hydrogens is 86.1 g/mol. The molecule has 1 radical (unpaired) electrons. The second-order valence-corrected chi connectivity index (χ2v) is 1.63. The molecule has 2 N–H and O–H groups in total. The van der Waals surface area contributed by atoms with Crippen LogP contribution in [0.25, 0.3) is 0 Å². The summed E-state index contributed by atoms with van der Waals surface area (Å²) in [5.74, 6) is 0. The molecule has 0 amide bonds. The first-order chi connectivity index (χ1) is 3.41. The van der Waals surface area contributed by atoms with E-state index < -0.39 is 0 Å². The van der Waals surface area contributed by atoms with Gasteiger partial charge in [0, 0.05) is 0 Å². The third-order valence-electron chi connectivity index (χ3n) is 0.816. The van der Waals surface area contributed by atoms with Gasteiger partial charge in [-0.05, 0) is 13.0 Å². The fourth-order valence-corrected chi connectivity index (χ4v) is 0.204. The Hall–Kier alpha value is -0.0400. The SMILES string of the molecule is CCN.[CH]1CCC1. The summed E-state index contributed by atoms with van der Waals surface area (Å²) in [6.07, 6.45) is 6.50. The van der Waals surface area contributed by atoms with E-state index in [9.17, 15) is 0 Å². The molecule has 1 fully saturated rings. The maximum absolute atomic E-state index is 4.85. The summed E-state index contributed by atoms with van der Waals surface area (Å²) in [7, 11) is 0. The van der Waals surface area contributed by atoms with Crippen molar-refractivity contribution < 1.29 is 0 Å². The molecule has 1 heteroatoms. The molecule has 1 saturated carbocycles. The van der Waals surface area contributed by atoms with Crippen molar-refractivity contribution in [1.82, 2.24) is 0 Å². The van der Waals surface area contributed by atoms with Crippen molar-refractivity contribution in [2.45, 2.75) is 26.2 Å². The molecule has 0 aromatic rings. The fourth-order valence-electron chi connectivity index (χ4n) is 0.204. The zero-order valence-corrected chi connectivity index (χ0v) is 4.98. The average Bonchev–Trinajstić information content (AvgIpc) is 1.27. The van der Waals surface area contributed by atoms with Gasteiger partial charge in [-0.15, -0.1) is 0 Å². The largest absolute Gasteiger partial charge is 0.331 e. The standard InChI is InChI=1S/C4H7.C2H7N/c1-2-4-3-1;1-2-3/h1H,2-4H2;2-3H2,1H3. The van der Waals surface area contributed by atoms with Crippen molar-refractivity contribution in [3.8, 4) is 0 Å². The van der Waals surface area contributed by atoms with Gasteiger partial charge in [0.1, 0.15) is 0 Å². The molecule has 1 rings (SSSR count). The Bertz CT molecular complexity index is 19.4. The molecule has 0 spiro atoms. The normalized spacial score (nSPS) is 16.3.